The average molecular weight is 327 g/mol. The Hall–Kier alpha value is -1.71. The van der Waals surface area contributed by atoms with Crippen molar-refractivity contribution in [2.45, 2.75) is 57.7 Å². The summed E-state index contributed by atoms with van der Waals surface area (Å²) in [6.07, 6.45) is 3.51. The normalized spacial score (nSPS) is 19.4. The highest BCUT2D eigenvalue weighted by Gasteiger charge is 2.37. The Morgan fingerprint density at radius 1 is 1.00 bits per heavy atom. The number of rotatable bonds is 2. The first-order valence-corrected chi connectivity index (χ1v) is 8.51. The smallest absolute Gasteiger partial charge is 0.150 e. The van der Waals surface area contributed by atoms with Crippen molar-refractivity contribution in [3.05, 3.63) is 48.0 Å². The molecule has 2 aromatic carbocycles. The van der Waals surface area contributed by atoms with E-state index in [1.54, 1.807) is 0 Å². The molecule has 24 heavy (non-hydrogen) atoms. The molecule has 0 spiro atoms. The summed E-state index contributed by atoms with van der Waals surface area (Å²) in [6.45, 7) is 8.94. The van der Waals surface area contributed by atoms with Gasteiger partial charge in [-0.25, -0.2) is 0 Å². The molecule has 1 aliphatic heterocycles. The highest BCUT2D eigenvalue weighted by molar-refractivity contribution is 5.97. The molecular weight excluding hydrogens is 298 g/mol. The van der Waals surface area contributed by atoms with E-state index in [1.165, 1.54) is 0 Å². The maximum atomic E-state index is 10.6. The summed E-state index contributed by atoms with van der Waals surface area (Å²) in [5, 5.41) is 5.75. The van der Waals surface area contributed by atoms with E-state index >= 15 is 0 Å². The summed E-state index contributed by atoms with van der Waals surface area (Å²) in [4.78, 5) is 10.6. The van der Waals surface area contributed by atoms with Gasteiger partial charge in [0.2, 0.25) is 0 Å². The molecule has 3 nitrogen and oxygen atoms in total. The Bertz CT molecular complexity index is 670. The lowest BCUT2D eigenvalue weighted by Gasteiger charge is -2.45. The molecule has 1 N–H and O–H groups in total. The van der Waals surface area contributed by atoms with Crippen molar-refractivity contribution in [1.82, 2.24) is 5.32 Å². The first-order valence-electron chi connectivity index (χ1n) is 8.51. The van der Waals surface area contributed by atoms with Crippen LogP contribution in [0.3, 0.4) is 0 Å². The zero-order valence-electron chi connectivity index (χ0n) is 15.4. The molecule has 3 heteroatoms. The van der Waals surface area contributed by atoms with Crippen LogP contribution in [0.5, 0.6) is 0 Å². The number of hydrogen-bond donors (Lipinski definition) is 1. The molecular formula is C21H29NO2. The van der Waals surface area contributed by atoms with Crippen LogP contribution in [0.4, 0.5) is 0 Å². The zero-order valence-corrected chi connectivity index (χ0v) is 15.4. The SMILES string of the molecule is COC1CC(C)(C)NC(C)(C)C1.O=Cc1cccc2ccccc12. The van der Waals surface area contributed by atoms with E-state index in [0.29, 0.717) is 6.10 Å². The quantitative estimate of drug-likeness (QED) is 0.820. The lowest BCUT2D eigenvalue weighted by Crippen LogP contribution is -2.59. The molecule has 1 heterocycles. The molecule has 0 radical (unpaired) electrons. The number of benzene rings is 2. The highest BCUT2D eigenvalue weighted by atomic mass is 16.5. The number of fused-ring (bicyclic) bond motifs is 1. The van der Waals surface area contributed by atoms with Crippen LogP contribution in [-0.2, 0) is 4.74 Å². The Morgan fingerprint density at radius 2 is 1.58 bits per heavy atom. The monoisotopic (exact) mass is 327 g/mol. The van der Waals surface area contributed by atoms with E-state index < -0.39 is 0 Å². The van der Waals surface area contributed by atoms with Crippen LogP contribution in [0, 0.1) is 0 Å². The van der Waals surface area contributed by atoms with Gasteiger partial charge in [0.25, 0.3) is 0 Å². The topological polar surface area (TPSA) is 38.3 Å². The van der Waals surface area contributed by atoms with Crippen molar-refractivity contribution < 1.29 is 9.53 Å². The lowest BCUT2D eigenvalue weighted by atomic mass is 9.81. The van der Waals surface area contributed by atoms with Gasteiger partial charge in [0.15, 0.2) is 6.29 Å². The number of carbonyl (C=O) groups excluding carboxylic acids is 1. The van der Waals surface area contributed by atoms with Gasteiger partial charge in [-0.15, -0.1) is 0 Å². The first kappa shape index (κ1) is 18.6. The van der Waals surface area contributed by atoms with Gasteiger partial charge in [0.1, 0.15) is 0 Å². The van der Waals surface area contributed by atoms with Gasteiger partial charge in [-0.3, -0.25) is 4.79 Å². The molecule has 0 saturated carbocycles. The maximum absolute atomic E-state index is 10.6. The number of carbonyl (C=O) groups is 1. The van der Waals surface area contributed by atoms with E-state index in [9.17, 15) is 4.79 Å². The highest BCUT2D eigenvalue weighted by Crippen LogP contribution is 2.29. The number of aldehydes is 1. The number of nitrogens with one attached hydrogen (secondary N) is 1. The van der Waals surface area contributed by atoms with Gasteiger partial charge < -0.3 is 10.1 Å². The number of methoxy groups -OCH3 is 1. The summed E-state index contributed by atoms with van der Waals surface area (Å²) in [6, 6.07) is 13.6. The standard InChI is InChI=1S/C11H8O.C10H21NO/c12-8-10-6-3-5-9-4-1-2-7-11(9)10;1-9(2)6-8(12-5)7-10(3,4)11-9/h1-8H;8,11H,6-7H2,1-5H3. The minimum absolute atomic E-state index is 0.211. The molecule has 1 aliphatic rings. The van der Waals surface area contributed by atoms with Gasteiger partial charge in [-0.2, -0.15) is 0 Å². The van der Waals surface area contributed by atoms with Gasteiger partial charge in [-0.05, 0) is 51.3 Å². The Balaban J connectivity index is 0.000000174. The summed E-state index contributed by atoms with van der Waals surface area (Å²) >= 11 is 0. The Labute approximate surface area is 145 Å². The van der Waals surface area contributed by atoms with Crippen LogP contribution in [0.1, 0.15) is 50.9 Å². The van der Waals surface area contributed by atoms with Crippen LogP contribution >= 0.6 is 0 Å². The fraction of sp³-hybridized carbons (Fsp3) is 0.476. The van der Waals surface area contributed by atoms with Crippen LogP contribution < -0.4 is 5.32 Å². The number of hydrogen-bond acceptors (Lipinski definition) is 3. The van der Waals surface area contributed by atoms with E-state index in [2.05, 4.69) is 33.0 Å². The molecule has 2 aromatic rings. The van der Waals surface area contributed by atoms with Crippen molar-refractivity contribution in [3.63, 3.8) is 0 Å². The van der Waals surface area contributed by atoms with Crippen LogP contribution in [0.2, 0.25) is 0 Å². The van der Waals surface area contributed by atoms with Gasteiger partial charge in [0.05, 0.1) is 6.10 Å². The predicted molar refractivity (Wildman–Crippen MR) is 101 cm³/mol. The summed E-state index contributed by atoms with van der Waals surface area (Å²) in [5.41, 5.74) is 1.18. The minimum Gasteiger partial charge on any atom is -0.381 e. The Kier molecular flexibility index (Phi) is 5.79. The van der Waals surface area contributed by atoms with Crippen molar-refractivity contribution in [3.8, 4) is 0 Å². The van der Waals surface area contributed by atoms with Crippen molar-refractivity contribution >= 4 is 17.1 Å². The molecule has 0 aromatic heterocycles. The van der Waals surface area contributed by atoms with Crippen LogP contribution in [0.25, 0.3) is 10.8 Å². The van der Waals surface area contributed by atoms with Gasteiger partial charge >= 0.3 is 0 Å². The van der Waals surface area contributed by atoms with Crippen molar-refractivity contribution in [2.75, 3.05) is 7.11 Å². The predicted octanol–water partition coefficient (Wildman–Crippen LogP) is 4.59. The first-order chi connectivity index (χ1) is 11.3. The van der Waals surface area contributed by atoms with E-state index in [4.69, 9.17) is 4.74 Å². The van der Waals surface area contributed by atoms with Crippen molar-refractivity contribution in [2.24, 2.45) is 0 Å². The second-order valence-corrected chi connectivity index (χ2v) is 7.84. The van der Waals surface area contributed by atoms with Gasteiger partial charge in [-0.1, -0.05) is 42.5 Å². The molecule has 0 unspecified atom stereocenters. The molecule has 1 saturated heterocycles. The summed E-state index contributed by atoms with van der Waals surface area (Å²) in [7, 11) is 1.81. The molecule has 0 bridgehead atoms. The minimum atomic E-state index is 0.211. The third-order valence-corrected chi connectivity index (χ3v) is 4.44. The molecule has 0 aliphatic carbocycles. The number of ether oxygens (including phenoxy) is 1. The van der Waals surface area contributed by atoms with E-state index in [1.807, 2.05) is 49.6 Å². The molecule has 0 atom stereocenters. The maximum Gasteiger partial charge on any atom is 0.150 e. The van der Waals surface area contributed by atoms with E-state index in [-0.39, 0.29) is 11.1 Å². The molecule has 3 rings (SSSR count). The summed E-state index contributed by atoms with van der Waals surface area (Å²) < 4.78 is 5.42. The second-order valence-electron chi connectivity index (χ2n) is 7.84. The molecule has 130 valence electrons. The van der Waals surface area contributed by atoms with Crippen molar-refractivity contribution in [1.29, 1.82) is 0 Å². The number of piperidine rings is 1. The fourth-order valence-corrected chi connectivity index (χ4v) is 3.75. The van der Waals surface area contributed by atoms with Crippen LogP contribution in [-0.4, -0.2) is 30.6 Å². The fourth-order valence-electron chi connectivity index (χ4n) is 3.75. The third-order valence-electron chi connectivity index (χ3n) is 4.44. The molecule has 1 fully saturated rings. The zero-order chi connectivity index (χ0) is 17.8. The second kappa shape index (κ2) is 7.45. The molecule has 0 amide bonds. The largest absolute Gasteiger partial charge is 0.381 e. The van der Waals surface area contributed by atoms with Gasteiger partial charge in [0, 0.05) is 23.8 Å². The summed E-state index contributed by atoms with van der Waals surface area (Å²) in [5.74, 6) is 0. The lowest BCUT2D eigenvalue weighted by molar-refractivity contribution is 0.00596. The average Bonchev–Trinajstić information content (AvgIpc) is 2.52. The van der Waals surface area contributed by atoms with Crippen LogP contribution in [0.15, 0.2) is 42.5 Å². The Morgan fingerprint density at radius 3 is 2.17 bits per heavy atom. The third kappa shape index (κ3) is 4.89. The van der Waals surface area contributed by atoms with E-state index in [0.717, 1.165) is 35.5 Å².